The summed E-state index contributed by atoms with van der Waals surface area (Å²) in [5, 5.41) is 2.79. The molecule has 18 heavy (non-hydrogen) atoms. The zero-order valence-electron chi connectivity index (χ0n) is 9.92. The van der Waals surface area contributed by atoms with Gasteiger partial charge < -0.3 is 4.74 Å². The van der Waals surface area contributed by atoms with Crippen molar-refractivity contribution in [2.45, 2.75) is 13.5 Å². The molecule has 1 aromatic heterocycles. The van der Waals surface area contributed by atoms with E-state index >= 15 is 0 Å². The fraction of sp³-hybridized carbons (Fsp3) is 0.231. The van der Waals surface area contributed by atoms with Crippen molar-refractivity contribution in [1.29, 1.82) is 0 Å². The van der Waals surface area contributed by atoms with Crippen LogP contribution < -0.4 is 4.74 Å². The number of aliphatic imine (C=N–C) groups is 1. The Morgan fingerprint density at radius 1 is 1.50 bits per heavy atom. The molecule has 2 aromatic rings. The number of benzene rings is 1. The minimum absolute atomic E-state index is 0.283. The van der Waals surface area contributed by atoms with Gasteiger partial charge in [0.05, 0.1) is 18.8 Å². The number of ether oxygens (including phenoxy) is 1. The molecule has 0 unspecified atom stereocenters. The number of carbonyl (C=O) groups excluding carboxylic acids is 1. The predicted octanol–water partition coefficient (Wildman–Crippen LogP) is 3.04. The van der Waals surface area contributed by atoms with Gasteiger partial charge in [0.2, 0.25) is 6.08 Å². The fourth-order valence-electron chi connectivity index (χ4n) is 1.51. The van der Waals surface area contributed by atoms with Crippen molar-refractivity contribution in [2.75, 3.05) is 6.61 Å². The Morgan fingerprint density at radius 2 is 2.39 bits per heavy atom. The van der Waals surface area contributed by atoms with Crippen LogP contribution in [0.1, 0.15) is 12.6 Å². The maximum atomic E-state index is 10.0. The summed E-state index contributed by atoms with van der Waals surface area (Å²) in [4.78, 5) is 18.0. The van der Waals surface area contributed by atoms with Gasteiger partial charge in [0.1, 0.15) is 10.8 Å². The molecule has 0 atom stereocenters. The Morgan fingerprint density at radius 3 is 3.17 bits per heavy atom. The molecule has 0 amide bonds. The van der Waals surface area contributed by atoms with Crippen molar-refractivity contribution in [3.63, 3.8) is 0 Å². The first-order valence-corrected chi connectivity index (χ1v) is 6.42. The molecule has 0 aliphatic rings. The summed E-state index contributed by atoms with van der Waals surface area (Å²) in [6.07, 6.45) is 1.51. The minimum atomic E-state index is 0.283. The van der Waals surface area contributed by atoms with Crippen LogP contribution >= 0.6 is 11.3 Å². The molecule has 4 nitrogen and oxygen atoms in total. The van der Waals surface area contributed by atoms with E-state index in [0.29, 0.717) is 6.61 Å². The first-order chi connectivity index (χ1) is 8.83. The number of hydrogen-bond acceptors (Lipinski definition) is 5. The van der Waals surface area contributed by atoms with E-state index in [9.17, 15) is 4.79 Å². The van der Waals surface area contributed by atoms with Crippen molar-refractivity contribution >= 4 is 17.4 Å². The van der Waals surface area contributed by atoms with Crippen LogP contribution in [0.25, 0.3) is 10.6 Å². The molecule has 92 valence electrons. The summed E-state index contributed by atoms with van der Waals surface area (Å²) >= 11 is 1.52. The molecule has 1 heterocycles. The lowest BCUT2D eigenvalue weighted by molar-refractivity contribution is 0.340. The summed E-state index contributed by atoms with van der Waals surface area (Å²) in [6, 6.07) is 7.78. The summed E-state index contributed by atoms with van der Waals surface area (Å²) < 4.78 is 5.45. The molecular formula is C13H12N2O2S. The molecule has 0 aliphatic carbocycles. The van der Waals surface area contributed by atoms with E-state index in [0.717, 1.165) is 22.0 Å². The zero-order chi connectivity index (χ0) is 12.8. The van der Waals surface area contributed by atoms with Crippen LogP contribution in [-0.2, 0) is 11.3 Å². The van der Waals surface area contributed by atoms with Gasteiger partial charge in [0.25, 0.3) is 0 Å². The maximum absolute atomic E-state index is 10.0. The van der Waals surface area contributed by atoms with E-state index < -0.39 is 0 Å². The number of nitrogens with zero attached hydrogens (tertiary/aromatic N) is 2. The lowest BCUT2D eigenvalue weighted by atomic mass is 10.2. The van der Waals surface area contributed by atoms with Crippen molar-refractivity contribution in [3.8, 4) is 16.3 Å². The van der Waals surface area contributed by atoms with Gasteiger partial charge in [-0.15, -0.1) is 11.3 Å². The zero-order valence-corrected chi connectivity index (χ0v) is 10.7. The highest BCUT2D eigenvalue weighted by Crippen LogP contribution is 2.27. The Labute approximate surface area is 109 Å². The van der Waals surface area contributed by atoms with Crippen LogP contribution in [-0.4, -0.2) is 17.7 Å². The van der Waals surface area contributed by atoms with Gasteiger partial charge in [0.15, 0.2) is 0 Å². The Kier molecular flexibility index (Phi) is 4.23. The lowest BCUT2D eigenvalue weighted by Crippen LogP contribution is -1.91. The van der Waals surface area contributed by atoms with Crippen LogP contribution in [0.2, 0.25) is 0 Å². The molecule has 0 bridgehead atoms. The van der Waals surface area contributed by atoms with E-state index in [2.05, 4.69) is 9.98 Å². The van der Waals surface area contributed by atoms with Gasteiger partial charge in [-0.25, -0.2) is 9.78 Å². The fourth-order valence-corrected chi connectivity index (χ4v) is 2.32. The first-order valence-electron chi connectivity index (χ1n) is 5.54. The third kappa shape index (κ3) is 3.03. The number of rotatable bonds is 5. The highest BCUT2D eigenvalue weighted by atomic mass is 32.1. The topological polar surface area (TPSA) is 51.6 Å². The third-order valence-electron chi connectivity index (χ3n) is 2.25. The van der Waals surface area contributed by atoms with E-state index in [4.69, 9.17) is 4.74 Å². The molecule has 0 saturated heterocycles. The highest BCUT2D eigenvalue weighted by Gasteiger charge is 2.05. The van der Waals surface area contributed by atoms with Crippen LogP contribution in [0.4, 0.5) is 0 Å². The van der Waals surface area contributed by atoms with Gasteiger partial charge in [0, 0.05) is 10.9 Å². The Hall–Kier alpha value is -1.97. The first kappa shape index (κ1) is 12.5. The number of hydrogen-bond donors (Lipinski definition) is 0. The van der Waals surface area contributed by atoms with Crippen molar-refractivity contribution in [2.24, 2.45) is 4.99 Å². The Bertz CT molecular complexity index is 574. The van der Waals surface area contributed by atoms with Crippen LogP contribution in [0.3, 0.4) is 0 Å². The molecule has 2 rings (SSSR count). The molecule has 0 saturated carbocycles. The van der Waals surface area contributed by atoms with Gasteiger partial charge in [-0.1, -0.05) is 12.1 Å². The number of aromatic nitrogens is 1. The third-order valence-corrected chi connectivity index (χ3v) is 3.19. The number of thiazole rings is 1. The average molecular weight is 260 g/mol. The lowest BCUT2D eigenvalue weighted by Gasteiger charge is -2.03. The molecule has 0 spiro atoms. The standard InChI is InChI=1S/C13H12N2O2S/c1-2-17-12-5-3-4-10(6-12)13-15-11(8-18-13)7-14-9-16/h3-6,8H,2,7H2,1H3. The second-order valence-electron chi connectivity index (χ2n) is 3.51. The van der Waals surface area contributed by atoms with E-state index in [-0.39, 0.29) is 6.54 Å². The normalized spacial score (nSPS) is 9.83. The second kappa shape index (κ2) is 6.10. The second-order valence-corrected chi connectivity index (χ2v) is 4.37. The van der Waals surface area contributed by atoms with E-state index in [1.54, 1.807) is 0 Å². The quantitative estimate of drug-likeness (QED) is 0.613. The van der Waals surface area contributed by atoms with E-state index in [1.165, 1.54) is 17.4 Å². The molecule has 5 heteroatoms. The summed E-state index contributed by atoms with van der Waals surface area (Å²) in [7, 11) is 0. The van der Waals surface area contributed by atoms with Crippen LogP contribution in [0.5, 0.6) is 5.75 Å². The van der Waals surface area contributed by atoms with Crippen molar-refractivity contribution in [1.82, 2.24) is 4.98 Å². The maximum Gasteiger partial charge on any atom is 0.235 e. The predicted molar refractivity (Wildman–Crippen MR) is 70.5 cm³/mol. The van der Waals surface area contributed by atoms with Crippen LogP contribution in [0, 0.1) is 0 Å². The summed E-state index contributed by atoms with van der Waals surface area (Å²) in [5.41, 5.74) is 1.78. The summed E-state index contributed by atoms with van der Waals surface area (Å²) in [5.74, 6) is 0.831. The molecule has 0 aliphatic heterocycles. The van der Waals surface area contributed by atoms with Crippen molar-refractivity contribution < 1.29 is 9.53 Å². The summed E-state index contributed by atoms with van der Waals surface area (Å²) in [6.45, 7) is 2.87. The monoisotopic (exact) mass is 260 g/mol. The molecular weight excluding hydrogens is 248 g/mol. The molecule has 0 radical (unpaired) electrons. The van der Waals surface area contributed by atoms with Gasteiger partial charge in [-0.2, -0.15) is 4.99 Å². The molecule has 0 fully saturated rings. The number of isocyanates is 1. The van der Waals surface area contributed by atoms with Crippen LogP contribution in [0.15, 0.2) is 34.6 Å². The smallest absolute Gasteiger partial charge is 0.235 e. The molecule has 1 aromatic carbocycles. The Balaban J connectivity index is 2.22. The van der Waals surface area contributed by atoms with Gasteiger partial charge >= 0.3 is 0 Å². The molecule has 0 N–H and O–H groups in total. The highest BCUT2D eigenvalue weighted by molar-refractivity contribution is 7.13. The minimum Gasteiger partial charge on any atom is -0.494 e. The largest absolute Gasteiger partial charge is 0.494 e. The van der Waals surface area contributed by atoms with Gasteiger partial charge in [-0.05, 0) is 19.1 Å². The average Bonchev–Trinajstić information content (AvgIpc) is 2.86. The van der Waals surface area contributed by atoms with Gasteiger partial charge in [-0.3, -0.25) is 0 Å². The van der Waals surface area contributed by atoms with E-state index in [1.807, 2.05) is 36.6 Å². The van der Waals surface area contributed by atoms with Crippen molar-refractivity contribution in [3.05, 3.63) is 35.3 Å². The SMILES string of the molecule is CCOc1cccc(-c2nc(CN=C=O)cs2)c1.